The number of aliphatic hydroxyl groups excluding tert-OH is 3. The fraction of sp³-hybridized carbons (Fsp3) is 0.945. The lowest BCUT2D eigenvalue weighted by molar-refractivity contribution is -0.317. The standard InChI is InChI=1S/C55H99Br2NO12/c1-12-43(59)55(10,63)50-38(4)46-36(2)34-54(9,70-46)49(39(5)47(40(6)51(62)68-50)67-44-35-53(8,64-11)48(61)41(7)66-44)69-52-45(60)42(33-37(3)65-52)58(31-27-23-19-15-13-17-21-25-29-56)32-28-24-20-16-14-18-22-26-30-57/h37-45,47-50,52,59-61,63H,12-35H2,1-11H3/t37?,38-,39-,40+,41?,42?,43+,44-,45?,47-,48-,49+,50+,52-,53?,54+,55+/m0/s1. The van der Waals surface area contributed by atoms with E-state index in [0.29, 0.717) is 18.6 Å². The first kappa shape index (κ1) is 62.1. The first-order chi connectivity index (χ1) is 33.2. The zero-order valence-corrected chi connectivity index (χ0v) is 48.5. The number of carbonyl (C=O) groups is 1. The van der Waals surface area contributed by atoms with Gasteiger partial charge in [0.25, 0.3) is 0 Å². The molecule has 3 fully saturated rings. The van der Waals surface area contributed by atoms with E-state index in [1.54, 1.807) is 27.9 Å². The van der Waals surface area contributed by atoms with Crippen LogP contribution in [0.15, 0.2) is 11.3 Å². The second-order valence-corrected chi connectivity index (χ2v) is 24.0. The molecular formula is C55H99Br2NO12. The Morgan fingerprint density at radius 1 is 0.814 bits per heavy atom. The van der Waals surface area contributed by atoms with Gasteiger partial charge in [-0.3, -0.25) is 9.69 Å². The van der Waals surface area contributed by atoms with Gasteiger partial charge < -0.3 is 53.6 Å². The number of hydrogen-bond acceptors (Lipinski definition) is 13. The molecule has 0 aromatic rings. The molecule has 2 bridgehead atoms. The lowest BCUT2D eigenvalue weighted by Crippen LogP contribution is -2.61. The van der Waals surface area contributed by atoms with E-state index in [4.69, 9.17) is 33.2 Å². The normalized spacial score (nSPS) is 36.7. The molecule has 0 saturated carbocycles. The second kappa shape index (κ2) is 29.8. The number of alkyl halides is 2. The lowest BCUT2D eigenvalue weighted by atomic mass is 9.78. The Bertz CT molecular complexity index is 1540. The Balaban J connectivity index is 1.68. The fourth-order valence-corrected chi connectivity index (χ4v) is 12.8. The Labute approximate surface area is 440 Å². The smallest absolute Gasteiger partial charge is 0.311 e. The highest BCUT2D eigenvalue weighted by molar-refractivity contribution is 9.09. The van der Waals surface area contributed by atoms with Gasteiger partial charge in [0.1, 0.15) is 41.4 Å². The Hall–Kier alpha value is -0.430. The van der Waals surface area contributed by atoms with E-state index in [1.807, 2.05) is 34.6 Å². The van der Waals surface area contributed by atoms with Crippen molar-refractivity contribution in [3.05, 3.63) is 11.3 Å². The van der Waals surface area contributed by atoms with E-state index in [-0.39, 0.29) is 25.0 Å². The largest absolute Gasteiger partial charge is 0.488 e. The Morgan fingerprint density at radius 3 is 1.86 bits per heavy atom. The SMILES string of the molecule is CC[C@@H](O)[C@@](C)(O)[C@@H]1OC(=O)[C@H](C)[C@@H](O[C@H]2CC(C)(OC)[C@@H](O)C(C)O2)[C@H](C)[C@@H](O[C@@H]2OC(C)CC(N(CCCCCCCCCCBr)CCCCCCCCCCBr)C2O)[C@@]2(C)CC(C)=C(O2)[C@@H]1C. The molecule has 17 atom stereocenters. The highest BCUT2D eigenvalue weighted by atomic mass is 79.9. The summed E-state index contributed by atoms with van der Waals surface area (Å²) in [7, 11) is 1.55. The number of cyclic esters (lactones) is 1. The van der Waals surface area contributed by atoms with E-state index in [2.05, 4.69) is 43.7 Å². The number of unbranched alkanes of at least 4 members (excludes halogenated alkanes) is 14. The van der Waals surface area contributed by atoms with E-state index in [0.717, 1.165) is 55.0 Å². The summed E-state index contributed by atoms with van der Waals surface area (Å²) in [5.41, 5.74) is -2.98. The van der Waals surface area contributed by atoms with Gasteiger partial charge in [-0.05, 0) is 106 Å². The summed E-state index contributed by atoms with van der Waals surface area (Å²) in [4.78, 5) is 17.2. The molecule has 4 heterocycles. The van der Waals surface area contributed by atoms with Gasteiger partial charge in [-0.15, -0.1) is 0 Å². The molecule has 0 aliphatic carbocycles. The van der Waals surface area contributed by atoms with Crippen LogP contribution in [0, 0.1) is 17.8 Å². The molecule has 3 saturated heterocycles. The van der Waals surface area contributed by atoms with Gasteiger partial charge in [0, 0.05) is 42.6 Å². The zero-order chi connectivity index (χ0) is 51.8. The molecule has 15 heteroatoms. The van der Waals surface area contributed by atoms with Crippen LogP contribution >= 0.6 is 31.9 Å². The summed E-state index contributed by atoms with van der Waals surface area (Å²) in [5, 5.41) is 49.1. The average Bonchev–Trinajstić information content (AvgIpc) is 3.64. The molecule has 0 spiro atoms. The Morgan fingerprint density at radius 2 is 1.34 bits per heavy atom. The quantitative estimate of drug-likeness (QED) is 0.0318. The first-order valence-corrected chi connectivity index (χ1v) is 29.8. The van der Waals surface area contributed by atoms with Gasteiger partial charge >= 0.3 is 5.97 Å². The molecule has 5 unspecified atom stereocenters. The summed E-state index contributed by atoms with van der Waals surface area (Å²) in [6.07, 6.45) is 12.2. The van der Waals surface area contributed by atoms with Gasteiger partial charge in [-0.25, -0.2) is 0 Å². The number of aliphatic hydroxyl groups is 4. The minimum Gasteiger partial charge on any atom is -0.488 e. The van der Waals surface area contributed by atoms with E-state index in [1.165, 1.54) is 84.0 Å². The third-order valence-electron chi connectivity index (χ3n) is 16.4. The van der Waals surface area contributed by atoms with Crippen LogP contribution < -0.4 is 0 Å². The summed E-state index contributed by atoms with van der Waals surface area (Å²) >= 11 is 7.11. The molecule has 4 rings (SSSR count). The monoisotopic (exact) mass is 1120 g/mol. The van der Waals surface area contributed by atoms with Crippen molar-refractivity contribution in [3.8, 4) is 0 Å². The number of halogens is 2. The van der Waals surface area contributed by atoms with Gasteiger partial charge in [-0.2, -0.15) is 0 Å². The predicted molar refractivity (Wildman–Crippen MR) is 283 cm³/mol. The van der Waals surface area contributed by atoms with Gasteiger partial charge in [-0.1, -0.05) is 130 Å². The minimum atomic E-state index is -1.83. The third kappa shape index (κ3) is 16.8. The molecule has 0 amide bonds. The third-order valence-corrected chi connectivity index (χ3v) is 17.5. The number of nitrogens with zero attached hydrogens (tertiary/aromatic N) is 1. The van der Waals surface area contributed by atoms with Gasteiger partial charge in [0.05, 0.1) is 41.9 Å². The number of carbonyl (C=O) groups excluding carboxylic acids is 1. The highest BCUT2D eigenvalue weighted by Crippen LogP contribution is 2.48. The summed E-state index contributed by atoms with van der Waals surface area (Å²) in [6.45, 7) is 20.3. The van der Waals surface area contributed by atoms with Gasteiger partial charge in [0.15, 0.2) is 12.6 Å². The average molecular weight is 1130 g/mol. The number of esters is 1. The van der Waals surface area contributed by atoms with Crippen molar-refractivity contribution in [2.24, 2.45) is 17.8 Å². The molecular weight excluding hydrogens is 1030 g/mol. The van der Waals surface area contributed by atoms with E-state index >= 15 is 0 Å². The van der Waals surface area contributed by atoms with Crippen molar-refractivity contribution in [1.29, 1.82) is 0 Å². The van der Waals surface area contributed by atoms with Crippen LogP contribution in [0.25, 0.3) is 0 Å². The first-order valence-electron chi connectivity index (χ1n) is 27.6. The van der Waals surface area contributed by atoms with Crippen LogP contribution in [0.3, 0.4) is 0 Å². The molecule has 410 valence electrons. The van der Waals surface area contributed by atoms with Gasteiger partial charge in [0.2, 0.25) is 0 Å². The zero-order valence-electron chi connectivity index (χ0n) is 45.3. The Kier molecular flexibility index (Phi) is 26.4. The predicted octanol–water partition coefficient (Wildman–Crippen LogP) is 10.7. The van der Waals surface area contributed by atoms with Crippen molar-refractivity contribution in [2.45, 2.75) is 282 Å². The maximum atomic E-state index is 14.7. The maximum Gasteiger partial charge on any atom is 0.311 e. The molecule has 13 nitrogen and oxygen atoms in total. The molecule has 4 N–H and O–H groups in total. The lowest BCUT2D eigenvalue weighted by Gasteiger charge is -2.49. The maximum absolute atomic E-state index is 14.7. The molecule has 0 aromatic carbocycles. The molecule has 4 aliphatic rings. The molecule has 0 aromatic heterocycles. The number of fused-ring (bicyclic) bond motifs is 2. The molecule has 70 heavy (non-hydrogen) atoms. The molecule has 0 radical (unpaired) electrons. The van der Waals surface area contributed by atoms with E-state index in [9.17, 15) is 25.2 Å². The van der Waals surface area contributed by atoms with Crippen LogP contribution in [0.2, 0.25) is 0 Å². The van der Waals surface area contributed by atoms with Crippen molar-refractivity contribution in [3.63, 3.8) is 0 Å². The van der Waals surface area contributed by atoms with Crippen LogP contribution in [0.4, 0.5) is 0 Å². The minimum absolute atomic E-state index is 0.176. The fourth-order valence-electron chi connectivity index (χ4n) is 12.0. The summed E-state index contributed by atoms with van der Waals surface area (Å²) in [6, 6.07) is -0.197. The summed E-state index contributed by atoms with van der Waals surface area (Å²) < 4.78 is 46.4. The van der Waals surface area contributed by atoms with Crippen LogP contribution in [0.1, 0.15) is 198 Å². The summed E-state index contributed by atoms with van der Waals surface area (Å²) in [5.74, 6) is -2.26. The van der Waals surface area contributed by atoms with Crippen molar-refractivity contribution in [2.75, 3.05) is 30.9 Å². The number of ether oxygens (including phenoxy) is 7. The van der Waals surface area contributed by atoms with Crippen molar-refractivity contribution >= 4 is 37.8 Å². The number of methoxy groups -OCH3 is 1. The molecule has 4 aliphatic heterocycles. The van der Waals surface area contributed by atoms with Crippen LogP contribution in [-0.2, 0) is 38.0 Å². The number of hydrogen-bond donors (Lipinski definition) is 4. The van der Waals surface area contributed by atoms with Crippen molar-refractivity contribution in [1.82, 2.24) is 4.90 Å². The number of rotatable bonds is 29. The topological polar surface area (TPSA) is 166 Å². The highest BCUT2D eigenvalue weighted by Gasteiger charge is 2.57. The second-order valence-electron chi connectivity index (χ2n) is 22.5. The van der Waals surface area contributed by atoms with Crippen LogP contribution in [-0.4, -0.2) is 146 Å². The van der Waals surface area contributed by atoms with Crippen LogP contribution in [0.5, 0.6) is 0 Å². The van der Waals surface area contributed by atoms with Crippen molar-refractivity contribution < 1.29 is 58.4 Å². The van der Waals surface area contributed by atoms with E-state index < -0.39 is 95.8 Å².